The normalized spacial score (nSPS) is 14.8. The molecule has 0 aliphatic heterocycles. The molecule has 0 N–H and O–H groups in total. The van der Waals surface area contributed by atoms with Gasteiger partial charge in [-0.05, 0) is 38.2 Å². The summed E-state index contributed by atoms with van der Waals surface area (Å²) in [4.78, 5) is 0. The van der Waals surface area contributed by atoms with E-state index < -0.39 is 8.28 Å². The Kier molecular flexibility index (Phi) is 7.10. The van der Waals surface area contributed by atoms with Crippen molar-refractivity contribution in [2.45, 2.75) is 59.3 Å². The van der Waals surface area contributed by atoms with Gasteiger partial charge in [0.2, 0.25) is 0 Å². The third-order valence-electron chi connectivity index (χ3n) is 2.84. The first-order chi connectivity index (χ1) is 6.96. The van der Waals surface area contributed by atoms with Gasteiger partial charge in [-0.2, -0.15) is 0 Å². The predicted octanol–water partition coefficient (Wildman–Crippen LogP) is 4.36. The van der Waals surface area contributed by atoms with Gasteiger partial charge >= 0.3 is 0 Å². The fourth-order valence-corrected chi connectivity index (χ4v) is 6.06. The summed E-state index contributed by atoms with van der Waals surface area (Å²) < 4.78 is 12.8. The van der Waals surface area contributed by atoms with Gasteiger partial charge in [0.1, 0.15) is 0 Å². The Morgan fingerprint density at radius 1 is 0.800 bits per heavy atom. The first-order valence-corrected chi connectivity index (χ1v) is 9.61. The quantitative estimate of drug-likeness (QED) is 0.559. The Hall–Kier alpha value is 0.440. The van der Waals surface area contributed by atoms with Gasteiger partial charge in [-0.3, -0.25) is 4.21 Å². The molecular formula is C12H27ClOS. The smallest absolute Gasteiger partial charge is 0.0160 e. The molecule has 0 aromatic heterocycles. The predicted molar refractivity (Wildman–Crippen MR) is 73.3 cm³/mol. The monoisotopic (exact) mass is 254 g/mol. The Labute approximate surface area is 99.9 Å². The molecule has 0 aromatic carbocycles. The zero-order chi connectivity index (χ0) is 11.8. The summed E-state index contributed by atoms with van der Waals surface area (Å²) in [7, 11) is 3.68. The highest BCUT2D eigenvalue weighted by Crippen LogP contribution is 2.35. The topological polar surface area (TPSA) is 17.1 Å². The lowest BCUT2D eigenvalue weighted by molar-refractivity contribution is 0.652. The van der Waals surface area contributed by atoms with Crippen molar-refractivity contribution in [3.63, 3.8) is 0 Å². The van der Waals surface area contributed by atoms with Crippen molar-refractivity contribution in [1.82, 2.24) is 0 Å². The first-order valence-electron chi connectivity index (χ1n) is 6.31. The van der Waals surface area contributed by atoms with Gasteiger partial charge < -0.3 is 0 Å². The summed E-state index contributed by atoms with van der Waals surface area (Å²) >= 11 is 0. The minimum Gasteiger partial charge on any atom is -0.268 e. The summed E-state index contributed by atoms with van der Waals surface area (Å²) in [6.07, 6.45) is 6.26. The van der Waals surface area contributed by atoms with Crippen LogP contribution in [0.5, 0.6) is 0 Å². The SMILES string of the molecule is CCCCS(=O)(Cl)(CCCC)CCCC. The van der Waals surface area contributed by atoms with Gasteiger partial charge in [-0.15, -0.1) is 0 Å². The number of halogens is 1. The van der Waals surface area contributed by atoms with Crippen molar-refractivity contribution in [3.8, 4) is 0 Å². The van der Waals surface area contributed by atoms with Crippen molar-refractivity contribution in [2.75, 3.05) is 17.3 Å². The van der Waals surface area contributed by atoms with Crippen molar-refractivity contribution in [2.24, 2.45) is 0 Å². The Bertz CT molecular complexity index is 194. The van der Waals surface area contributed by atoms with Crippen LogP contribution in [0.1, 0.15) is 59.3 Å². The van der Waals surface area contributed by atoms with Crippen LogP contribution in [-0.2, 0) is 8.28 Å². The van der Waals surface area contributed by atoms with E-state index in [0.29, 0.717) is 0 Å². The molecule has 0 fully saturated rings. The van der Waals surface area contributed by atoms with E-state index in [1.54, 1.807) is 0 Å². The van der Waals surface area contributed by atoms with E-state index in [-0.39, 0.29) is 0 Å². The molecule has 1 nitrogen and oxygen atoms in total. The fourth-order valence-electron chi connectivity index (χ4n) is 1.69. The molecule has 0 saturated carbocycles. The molecule has 0 atom stereocenters. The average molecular weight is 255 g/mol. The molecule has 0 aromatic rings. The molecule has 0 saturated heterocycles. The van der Waals surface area contributed by atoms with Crippen molar-refractivity contribution < 1.29 is 4.21 Å². The van der Waals surface area contributed by atoms with Crippen LogP contribution >= 0.6 is 10.7 Å². The molecule has 0 rings (SSSR count). The lowest BCUT2D eigenvalue weighted by Gasteiger charge is -2.35. The van der Waals surface area contributed by atoms with E-state index >= 15 is 0 Å². The minimum absolute atomic E-state index is 0.731. The highest BCUT2D eigenvalue weighted by Gasteiger charge is 2.32. The van der Waals surface area contributed by atoms with Crippen LogP contribution in [-0.4, -0.2) is 21.5 Å². The van der Waals surface area contributed by atoms with E-state index in [2.05, 4.69) is 20.8 Å². The second-order valence-electron chi connectivity index (χ2n) is 4.53. The number of hydrogen-bond acceptors (Lipinski definition) is 1. The van der Waals surface area contributed by atoms with E-state index in [1.807, 2.05) is 0 Å². The van der Waals surface area contributed by atoms with Crippen molar-refractivity contribution in [3.05, 3.63) is 0 Å². The zero-order valence-corrected chi connectivity index (χ0v) is 12.1. The van der Waals surface area contributed by atoms with Gasteiger partial charge in [-0.25, -0.2) is 0 Å². The van der Waals surface area contributed by atoms with Crippen LogP contribution in [0.4, 0.5) is 0 Å². The maximum Gasteiger partial charge on any atom is 0.0160 e. The Morgan fingerprint density at radius 2 is 1.07 bits per heavy atom. The molecule has 0 bridgehead atoms. The summed E-state index contributed by atoms with van der Waals surface area (Å²) in [5.74, 6) is 2.19. The third kappa shape index (κ3) is 6.57. The number of hydrogen-bond donors (Lipinski definition) is 0. The first kappa shape index (κ1) is 15.4. The average Bonchev–Trinajstić information content (AvgIpc) is 2.22. The van der Waals surface area contributed by atoms with Gasteiger partial charge in [0, 0.05) is 17.3 Å². The number of rotatable bonds is 9. The molecule has 0 radical (unpaired) electrons. The lowest BCUT2D eigenvalue weighted by Crippen LogP contribution is -2.37. The molecule has 0 spiro atoms. The van der Waals surface area contributed by atoms with Crippen LogP contribution < -0.4 is 0 Å². The Morgan fingerprint density at radius 3 is 1.27 bits per heavy atom. The van der Waals surface area contributed by atoms with Crippen LogP contribution in [0.2, 0.25) is 0 Å². The molecular weight excluding hydrogens is 228 g/mol. The second-order valence-corrected chi connectivity index (χ2v) is 10.8. The van der Waals surface area contributed by atoms with Gasteiger partial charge in [0.15, 0.2) is 0 Å². The van der Waals surface area contributed by atoms with Crippen molar-refractivity contribution >= 4 is 19.0 Å². The molecule has 15 heavy (non-hydrogen) atoms. The zero-order valence-electron chi connectivity index (χ0n) is 10.6. The molecule has 0 unspecified atom stereocenters. The van der Waals surface area contributed by atoms with E-state index in [9.17, 15) is 4.21 Å². The lowest BCUT2D eigenvalue weighted by atomic mass is 10.4. The maximum atomic E-state index is 12.8. The number of unbranched alkanes of at least 4 members (excludes halogenated alkanes) is 3. The van der Waals surface area contributed by atoms with E-state index in [4.69, 9.17) is 10.7 Å². The summed E-state index contributed by atoms with van der Waals surface area (Å²) in [5, 5.41) is 0. The van der Waals surface area contributed by atoms with Crippen LogP contribution in [0.25, 0.3) is 0 Å². The van der Waals surface area contributed by atoms with E-state index in [0.717, 1.165) is 55.8 Å². The van der Waals surface area contributed by atoms with Gasteiger partial charge in [0.05, 0.1) is 0 Å². The molecule has 0 heterocycles. The van der Waals surface area contributed by atoms with Crippen molar-refractivity contribution in [1.29, 1.82) is 0 Å². The standard InChI is InChI=1S/C12H27ClOS/c1-4-7-10-15(13,14,11-8-5-2)12-9-6-3/h4-12H2,1-3H3. The molecule has 0 aliphatic rings. The van der Waals surface area contributed by atoms with E-state index in [1.165, 1.54) is 0 Å². The van der Waals surface area contributed by atoms with Crippen LogP contribution in [0.3, 0.4) is 0 Å². The molecule has 0 amide bonds. The summed E-state index contributed by atoms with van der Waals surface area (Å²) in [6.45, 7) is 6.39. The fraction of sp³-hybridized carbons (Fsp3) is 1.00. The maximum absolute atomic E-state index is 12.8. The largest absolute Gasteiger partial charge is 0.268 e. The van der Waals surface area contributed by atoms with Gasteiger partial charge in [0.25, 0.3) is 0 Å². The highest BCUT2D eigenvalue weighted by molar-refractivity contribution is 8.38. The third-order valence-corrected chi connectivity index (χ3v) is 7.79. The molecule has 0 aliphatic carbocycles. The second kappa shape index (κ2) is 6.90. The molecule has 3 heteroatoms. The Balaban J connectivity index is 4.41. The minimum atomic E-state index is -2.80. The highest BCUT2D eigenvalue weighted by atomic mass is 35.7. The van der Waals surface area contributed by atoms with Crippen LogP contribution in [0, 0.1) is 0 Å². The van der Waals surface area contributed by atoms with Gasteiger partial charge in [-0.1, -0.05) is 40.0 Å². The van der Waals surface area contributed by atoms with Crippen LogP contribution in [0.15, 0.2) is 0 Å². The summed E-state index contributed by atoms with van der Waals surface area (Å²) in [5.41, 5.74) is 0. The molecule has 94 valence electrons. The summed E-state index contributed by atoms with van der Waals surface area (Å²) in [6, 6.07) is 0.